The summed E-state index contributed by atoms with van der Waals surface area (Å²) in [5.74, 6) is -4.51. The molecule has 0 aliphatic rings. The van der Waals surface area contributed by atoms with E-state index < -0.39 is 45.6 Å². The largest absolute Gasteiger partial charge is 0.488 e. The van der Waals surface area contributed by atoms with Crippen molar-refractivity contribution in [2.75, 3.05) is 66.1 Å². The Balaban J connectivity index is 1.05. The Morgan fingerprint density at radius 3 is 1.20 bits per heavy atom. The van der Waals surface area contributed by atoms with Crippen molar-refractivity contribution in [2.24, 2.45) is 0 Å². The number of rotatable bonds is 21. The first-order valence-electron chi connectivity index (χ1n) is 15.8. The monoisotopic (exact) mass is 704 g/mol. The third-order valence-electron chi connectivity index (χ3n) is 7.50. The number of halogens is 2. The molecule has 0 unspecified atom stereocenters. The van der Waals surface area contributed by atoms with Crippen molar-refractivity contribution in [1.82, 2.24) is 9.13 Å². The van der Waals surface area contributed by atoms with E-state index in [1.807, 2.05) is 0 Å². The van der Waals surface area contributed by atoms with Crippen LogP contribution in [0.4, 0.5) is 8.78 Å². The van der Waals surface area contributed by atoms with Crippen LogP contribution in [-0.2, 0) is 32.0 Å². The number of hydrogen-bond acceptors (Lipinski definition) is 10. The highest BCUT2D eigenvalue weighted by molar-refractivity contribution is 5.93. The van der Waals surface area contributed by atoms with Crippen molar-refractivity contribution in [2.45, 2.75) is 26.9 Å². The molecular weight excluding hydrogens is 666 g/mol. The van der Waals surface area contributed by atoms with Crippen molar-refractivity contribution in [3.63, 3.8) is 0 Å². The zero-order valence-electron chi connectivity index (χ0n) is 27.6. The molecule has 0 fully saturated rings. The van der Waals surface area contributed by atoms with E-state index in [0.717, 1.165) is 12.1 Å². The quantitative estimate of drug-likeness (QED) is 0.121. The highest BCUT2D eigenvalue weighted by Gasteiger charge is 2.18. The molecule has 0 amide bonds. The Labute approximate surface area is 284 Å². The summed E-state index contributed by atoms with van der Waals surface area (Å²) < 4.78 is 65.0. The number of carboxylic acids is 2. The Hall–Kier alpha value is -4.90. The van der Waals surface area contributed by atoms with Gasteiger partial charge in [0.05, 0.1) is 63.9 Å². The SMILES string of the molecule is CCn1cc(C(=O)O)c(=O)c2cc(F)c(OCCOCCOCCOCCOCCOc3cc4c(cc3F)c(=O)c(C(=O)O)cn4CC)cc21. The fourth-order valence-corrected chi connectivity index (χ4v) is 5.01. The van der Waals surface area contributed by atoms with Gasteiger partial charge >= 0.3 is 11.9 Å². The van der Waals surface area contributed by atoms with E-state index in [-0.39, 0.29) is 75.1 Å². The Morgan fingerprint density at radius 2 is 0.900 bits per heavy atom. The second-order valence-electron chi connectivity index (χ2n) is 10.7. The molecule has 2 N–H and O–H groups in total. The summed E-state index contributed by atoms with van der Waals surface area (Å²) in [7, 11) is 0. The summed E-state index contributed by atoms with van der Waals surface area (Å²) in [5.41, 5.74) is -1.69. The van der Waals surface area contributed by atoms with Crippen LogP contribution in [0.3, 0.4) is 0 Å². The highest BCUT2D eigenvalue weighted by Crippen LogP contribution is 2.25. The lowest BCUT2D eigenvalue weighted by molar-refractivity contribution is -0.00715. The molecule has 0 aliphatic heterocycles. The first-order valence-corrected chi connectivity index (χ1v) is 15.8. The van der Waals surface area contributed by atoms with Gasteiger partial charge < -0.3 is 47.8 Å². The van der Waals surface area contributed by atoms with Crippen molar-refractivity contribution >= 4 is 33.7 Å². The van der Waals surface area contributed by atoms with E-state index in [1.54, 1.807) is 23.0 Å². The van der Waals surface area contributed by atoms with Gasteiger partial charge in [0.25, 0.3) is 0 Å². The van der Waals surface area contributed by atoms with Gasteiger partial charge in [0.15, 0.2) is 23.1 Å². The summed E-state index contributed by atoms with van der Waals surface area (Å²) in [6.07, 6.45) is 2.45. The van der Waals surface area contributed by atoms with Crippen LogP contribution in [0.1, 0.15) is 34.6 Å². The zero-order chi connectivity index (χ0) is 36.2. The maximum Gasteiger partial charge on any atom is 0.341 e. The van der Waals surface area contributed by atoms with Crippen molar-refractivity contribution in [3.05, 3.63) is 79.9 Å². The molecular formula is C34H38F2N2O12. The molecule has 0 spiro atoms. The van der Waals surface area contributed by atoms with E-state index in [9.17, 15) is 38.2 Å². The Kier molecular flexibility index (Phi) is 13.8. The number of fused-ring (bicyclic) bond motifs is 2. The second kappa shape index (κ2) is 18.2. The van der Waals surface area contributed by atoms with Gasteiger partial charge in [0.2, 0.25) is 10.9 Å². The summed E-state index contributed by atoms with van der Waals surface area (Å²) in [6.45, 7) is 6.37. The van der Waals surface area contributed by atoms with E-state index >= 15 is 0 Å². The topological polar surface area (TPSA) is 174 Å². The zero-order valence-corrected chi connectivity index (χ0v) is 27.6. The lowest BCUT2D eigenvalue weighted by Crippen LogP contribution is -2.19. The molecule has 0 aliphatic carbocycles. The highest BCUT2D eigenvalue weighted by atomic mass is 19.1. The van der Waals surface area contributed by atoms with E-state index in [0.29, 0.717) is 37.3 Å². The first-order chi connectivity index (χ1) is 24.1. The number of carbonyl (C=O) groups is 2. The standard InChI is InChI=1S/C34H38F2N2O12/c1-3-37-19-23(33(41)42)31(39)21-15-25(35)29(17-27(21)37)49-13-11-47-9-7-45-5-6-46-8-10-48-12-14-50-30-18-28-22(16-26(30)36)32(40)24(34(43)44)20-38(28)4-2/h15-20H,3-14H2,1-2H3,(H,41,42)(H,43,44). The molecule has 0 saturated carbocycles. The van der Waals surface area contributed by atoms with Gasteiger partial charge in [-0.3, -0.25) is 9.59 Å². The van der Waals surface area contributed by atoms with Crippen LogP contribution in [0.25, 0.3) is 21.8 Å². The van der Waals surface area contributed by atoms with Crippen LogP contribution >= 0.6 is 0 Å². The molecule has 0 atom stereocenters. The van der Waals surface area contributed by atoms with Crippen LogP contribution in [0, 0.1) is 11.6 Å². The van der Waals surface area contributed by atoms with E-state index in [4.69, 9.17) is 28.4 Å². The molecule has 14 nitrogen and oxygen atoms in total. The number of pyridine rings is 2. The second-order valence-corrected chi connectivity index (χ2v) is 10.7. The molecule has 2 aromatic carbocycles. The molecule has 4 aromatic rings. The molecule has 4 rings (SSSR count). The minimum absolute atomic E-state index is 0.0355. The van der Waals surface area contributed by atoms with Crippen LogP contribution in [0.5, 0.6) is 11.5 Å². The molecule has 50 heavy (non-hydrogen) atoms. The average molecular weight is 705 g/mol. The van der Waals surface area contributed by atoms with E-state index in [1.165, 1.54) is 24.5 Å². The van der Waals surface area contributed by atoms with Gasteiger partial charge in [-0.05, 0) is 26.0 Å². The maximum atomic E-state index is 14.6. The van der Waals surface area contributed by atoms with Gasteiger partial charge in [-0.15, -0.1) is 0 Å². The summed E-state index contributed by atoms with van der Waals surface area (Å²) in [5, 5.41) is 18.4. The molecule has 0 bridgehead atoms. The van der Waals surface area contributed by atoms with Crippen LogP contribution < -0.4 is 20.3 Å². The average Bonchev–Trinajstić information content (AvgIpc) is 3.09. The number of benzene rings is 2. The molecule has 0 radical (unpaired) electrons. The third-order valence-corrected chi connectivity index (χ3v) is 7.50. The molecule has 16 heteroatoms. The smallest absolute Gasteiger partial charge is 0.341 e. The van der Waals surface area contributed by atoms with Crippen LogP contribution in [0.15, 0.2) is 46.2 Å². The molecule has 2 heterocycles. The fraction of sp³-hybridized carbons (Fsp3) is 0.412. The number of nitrogens with zero attached hydrogens (tertiary/aromatic N) is 2. The minimum atomic E-state index is -1.38. The third kappa shape index (κ3) is 9.41. The molecule has 270 valence electrons. The summed E-state index contributed by atoms with van der Waals surface area (Å²) >= 11 is 0. The van der Waals surface area contributed by atoms with E-state index in [2.05, 4.69) is 0 Å². The van der Waals surface area contributed by atoms with Gasteiger partial charge in [0, 0.05) is 48.4 Å². The number of carboxylic acid groups (broad SMARTS) is 2. The number of hydrogen-bond donors (Lipinski definition) is 2. The first kappa shape index (κ1) is 37.9. The number of ether oxygens (including phenoxy) is 6. The van der Waals surface area contributed by atoms with Gasteiger partial charge in [0.1, 0.15) is 24.3 Å². The number of aromatic carboxylic acids is 2. The van der Waals surface area contributed by atoms with Crippen LogP contribution in [-0.4, -0.2) is 97.4 Å². The Bertz CT molecular complexity index is 1800. The molecule has 2 aromatic heterocycles. The minimum Gasteiger partial charge on any atom is -0.488 e. The van der Waals surface area contributed by atoms with Crippen molar-refractivity contribution in [3.8, 4) is 11.5 Å². The van der Waals surface area contributed by atoms with Crippen LogP contribution in [0.2, 0.25) is 0 Å². The number of aryl methyl sites for hydroxylation is 2. The predicted molar refractivity (Wildman–Crippen MR) is 176 cm³/mol. The van der Waals surface area contributed by atoms with Gasteiger partial charge in [-0.2, -0.15) is 0 Å². The lowest BCUT2D eigenvalue weighted by Gasteiger charge is -2.13. The van der Waals surface area contributed by atoms with Crippen molar-refractivity contribution in [1.29, 1.82) is 0 Å². The summed E-state index contributed by atoms with van der Waals surface area (Å²) in [4.78, 5) is 47.6. The maximum absolute atomic E-state index is 14.6. The Morgan fingerprint density at radius 1 is 0.580 bits per heavy atom. The van der Waals surface area contributed by atoms with Gasteiger partial charge in [-0.25, -0.2) is 18.4 Å². The fourth-order valence-electron chi connectivity index (χ4n) is 5.01. The predicted octanol–water partition coefficient (Wildman–Crippen LogP) is 3.56. The number of aromatic nitrogens is 2. The normalized spacial score (nSPS) is 11.4. The van der Waals surface area contributed by atoms with Gasteiger partial charge in [-0.1, -0.05) is 0 Å². The molecule has 0 saturated heterocycles. The van der Waals surface area contributed by atoms with Crippen molar-refractivity contribution < 1.29 is 57.0 Å². The summed E-state index contributed by atoms with van der Waals surface area (Å²) in [6, 6.07) is 4.69. The lowest BCUT2D eigenvalue weighted by atomic mass is 10.1.